The number of methoxy groups -OCH3 is 1. The minimum Gasteiger partial charge on any atom is -0.496 e. The Balaban J connectivity index is 0.000000640. The average molecular weight is 332 g/mol. The van der Waals surface area contributed by atoms with Gasteiger partial charge in [0.25, 0.3) is 0 Å². The predicted molar refractivity (Wildman–Crippen MR) is 105 cm³/mol. The Labute approximate surface area is 150 Å². The molecule has 0 heterocycles. The fourth-order valence-electron chi connectivity index (χ4n) is 2.86. The molecule has 0 aliphatic rings. The first-order chi connectivity index (χ1) is 10.9. The number of benzene rings is 1. The molecule has 0 aliphatic heterocycles. The highest BCUT2D eigenvalue weighted by Crippen LogP contribution is 2.39. The molecule has 0 N–H and O–H groups in total. The summed E-state index contributed by atoms with van der Waals surface area (Å²) in [4.78, 5) is 0. The summed E-state index contributed by atoms with van der Waals surface area (Å²) in [5.41, 5.74) is 6.96. The van der Waals surface area contributed by atoms with Crippen molar-refractivity contribution in [2.45, 2.75) is 87.5 Å². The molecule has 1 aromatic carbocycles. The first-order valence-corrected chi connectivity index (χ1v) is 8.96. The second-order valence-electron chi connectivity index (χ2n) is 7.99. The molecule has 0 unspecified atom stereocenters. The zero-order valence-electron chi connectivity index (χ0n) is 17.8. The SMILES string of the molecule is CCC(C)(C)C#N.CCC(C)(C)c1c(C)c(C)c(OC)c(C)c1C. The highest BCUT2D eigenvalue weighted by Gasteiger charge is 2.26. The first-order valence-electron chi connectivity index (χ1n) is 8.96. The van der Waals surface area contributed by atoms with E-state index in [2.05, 4.69) is 54.5 Å². The molecule has 1 aromatic rings. The third kappa shape index (κ3) is 5.00. The summed E-state index contributed by atoms with van der Waals surface area (Å²) in [6, 6.07) is 2.19. The van der Waals surface area contributed by atoms with E-state index in [9.17, 15) is 0 Å². The van der Waals surface area contributed by atoms with Gasteiger partial charge in [0.05, 0.1) is 18.6 Å². The molecule has 0 aliphatic carbocycles. The van der Waals surface area contributed by atoms with Crippen molar-refractivity contribution in [1.29, 1.82) is 5.26 Å². The summed E-state index contributed by atoms with van der Waals surface area (Å²) in [5, 5.41) is 8.34. The lowest BCUT2D eigenvalue weighted by atomic mass is 9.75. The van der Waals surface area contributed by atoms with E-state index in [-0.39, 0.29) is 10.8 Å². The fourth-order valence-corrected chi connectivity index (χ4v) is 2.86. The molecule has 136 valence electrons. The Hall–Kier alpha value is -1.49. The molecule has 0 saturated carbocycles. The highest BCUT2D eigenvalue weighted by atomic mass is 16.5. The van der Waals surface area contributed by atoms with Crippen LogP contribution in [-0.4, -0.2) is 7.11 Å². The van der Waals surface area contributed by atoms with Gasteiger partial charge in [-0.1, -0.05) is 27.7 Å². The van der Waals surface area contributed by atoms with Gasteiger partial charge in [0.1, 0.15) is 5.75 Å². The largest absolute Gasteiger partial charge is 0.496 e. The number of nitrogens with zero attached hydrogens (tertiary/aromatic N) is 1. The van der Waals surface area contributed by atoms with Crippen molar-refractivity contribution in [3.8, 4) is 11.8 Å². The third-order valence-electron chi connectivity index (χ3n) is 5.51. The van der Waals surface area contributed by atoms with Crippen molar-refractivity contribution in [2.24, 2.45) is 5.41 Å². The second kappa shape index (κ2) is 8.56. The minimum atomic E-state index is -0.111. The monoisotopic (exact) mass is 331 g/mol. The molecular weight excluding hydrogens is 294 g/mol. The van der Waals surface area contributed by atoms with E-state index in [1.807, 2.05) is 20.8 Å². The number of rotatable bonds is 4. The fraction of sp³-hybridized carbons (Fsp3) is 0.682. The van der Waals surface area contributed by atoms with Crippen LogP contribution in [0.2, 0.25) is 0 Å². The van der Waals surface area contributed by atoms with E-state index < -0.39 is 0 Å². The van der Waals surface area contributed by atoms with Crippen LogP contribution in [0.1, 0.15) is 82.2 Å². The molecule has 0 spiro atoms. The van der Waals surface area contributed by atoms with E-state index in [1.54, 1.807) is 7.11 Å². The molecule has 1 rings (SSSR count). The molecule has 0 fully saturated rings. The lowest BCUT2D eigenvalue weighted by molar-refractivity contribution is 0.406. The summed E-state index contributed by atoms with van der Waals surface area (Å²) in [6.07, 6.45) is 2.09. The van der Waals surface area contributed by atoms with Gasteiger partial charge in [0, 0.05) is 0 Å². The maximum Gasteiger partial charge on any atom is 0.125 e. The van der Waals surface area contributed by atoms with Crippen LogP contribution in [-0.2, 0) is 5.41 Å². The Kier molecular flexibility index (Phi) is 8.03. The van der Waals surface area contributed by atoms with Crippen molar-refractivity contribution in [3.63, 3.8) is 0 Å². The second-order valence-corrected chi connectivity index (χ2v) is 7.99. The van der Waals surface area contributed by atoms with Crippen LogP contribution < -0.4 is 4.74 Å². The number of hydrogen-bond donors (Lipinski definition) is 0. The molecule has 24 heavy (non-hydrogen) atoms. The summed E-state index contributed by atoms with van der Waals surface area (Å²) in [7, 11) is 1.76. The van der Waals surface area contributed by atoms with Gasteiger partial charge in [0.2, 0.25) is 0 Å². The maximum absolute atomic E-state index is 8.34. The Morgan fingerprint density at radius 1 is 0.833 bits per heavy atom. The zero-order chi connectivity index (χ0) is 19.3. The van der Waals surface area contributed by atoms with Crippen LogP contribution in [0.25, 0.3) is 0 Å². The summed E-state index contributed by atoms with van der Waals surface area (Å²) >= 11 is 0. The van der Waals surface area contributed by atoms with Gasteiger partial charge in [-0.2, -0.15) is 5.26 Å². The predicted octanol–water partition coefficient (Wildman–Crippen LogP) is 6.56. The number of ether oxygens (including phenoxy) is 1. The first kappa shape index (κ1) is 22.5. The average Bonchev–Trinajstić information content (AvgIpc) is 2.54. The van der Waals surface area contributed by atoms with Crippen molar-refractivity contribution in [3.05, 3.63) is 27.8 Å². The highest BCUT2D eigenvalue weighted by molar-refractivity contribution is 5.56. The lowest BCUT2D eigenvalue weighted by Crippen LogP contribution is -2.20. The van der Waals surface area contributed by atoms with Gasteiger partial charge in [-0.15, -0.1) is 0 Å². The van der Waals surface area contributed by atoms with E-state index in [0.29, 0.717) is 0 Å². The molecule has 2 nitrogen and oxygen atoms in total. The van der Waals surface area contributed by atoms with Crippen LogP contribution in [0.5, 0.6) is 5.75 Å². The van der Waals surface area contributed by atoms with E-state index in [4.69, 9.17) is 10.00 Å². The smallest absolute Gasteiger partial charge is 0.125 e. The van der Waals surface area contributed by atoms with Crippen molar-refractivity contribution < 1.29 is 4.74 Å². The van der Waals surface area contributed by atoms with Crippen molar-refractivity contribution in [1.82, 2.24) is 0 Å². The van der Waals surface area contributed by atoms with E-state index in [0.717, 1.165) is 18.6 Å². The maximum atomic E-state index is 8.34. The normalized spacial score (nSPS) is 11.4. The van der Waals surface area contributed by atoms with Gasteiger partial charge >= 0.3 is 0 Å². The molecular formula is C22H37NO. The summed E-state index contributed by atoms with van der Waals surface area (Å²) < 4.78 is 5.54. The molecule has 0 saturated heterocycles. The Morgan fingerprint density at radius 3 is 1.46 bits per heavy atom. The van der Waals surface area contributed by atoms with E-state index in [1.165, 1.54) is 27.8 Å². The molecule has 2 heteroatoms. The van der Waals surface area contributed by atoms with Crippen molar-refractivity contribution in [2.75, 3.05) is 7.11 Å². The molecule has 0 radical (unpaired) electrons. The van der Waals surface area contributed by atoms with Crippen LogP contribution in [0.4, 0.5) is 0 Å². The van der Waals surface area contributed by atoms with Gasteiger partial charge in [-0.05, 0) is 87.6 Å². The van der Waals surface area contributed by atoms with Crippen LogP contribution in [0, 0.1) is 44.4 Å². The summed E-state index contributed by atoms with van der Waals surface area (Å²) in [5.74, 6) is 1.05. The third-order valence-corrected chi connectivity index (χ3v) is 5.51. The summed E-state index contributed by atoms with van der Waals surface area (Å²) in [6.45, 7) is 21.6. The van der Waals surface area contributed by atoms with E-state index >= 15 is 0 Å². The van der Waals surface area contributed by atoms with Crippen LogP contribution in [0.15, 0.2) is 0 Å². The quantitative estimate of drug-likeness (QED) is 0.625. The number of nitriles is 1. The van der Waals surface area contributed by atoms with Gasteiger partial charge in [0.15, 0.2) is 0 Å². The Morgan fingerprint density at radius 2 is 1.25 bits per heavy atom. The van der Waals surface area contributed by atoms with Gasteiger partial charge in [-0.3, -0.25) is 0 Å². The van der Waals surface area contributed by atoms with Crippen LogP contribution in [0.3, 0.4) is 0 Å². The minimum absolute atomic E-state index is 0.111. The Bertz CT molecular complexity index is 574. The zero-order valence-corrected chi connectivity index (χ0v) is 17.8. The standard InChI is InChI=1S/C16H26O.C6H11N/c1-9-16(6,7)14-10(2)12(4)15(17-8)13(5)11(14)3;1-4-6(2,3)5-7/h9H2,1-8H3;4H2,1-3H3. The van der Waals surface area contributed by atoms with Gasteiger partial charge < -0.3 is 4.74 Å². The lowest BCUT2D eigenvalue weighted by Gasteiger charge is -2.30. The molecule has 0 bridgehead atoms. The molecule has 0 aromatic heterocycles. The topological polar surface area (TPSA) is 33.0 Å². The van der Waals surface area contributed by atoms with Crippen LogP contribution >= 0.6 is 0 Å². The molecule has 0 atom stereocenters. The van der Waals surface area contributed by atoms with Gasteiger partial charge in [-0.25, -0.2) is 0 Å². The van der Waals surface area contributed by atoms with Crippen molar-refractivity contribution >= 4 is 0 Å². The number of hydrogen-bond acceptors (Lipinski definition) is 2. The molecule has 0 amide bonds.